The van der Waals surface area contributed by atoms with E-state index in [9.17, 15) is 14.0 Å². The molecule has 25 heavy (non-hydrogen) atoms. The lowest BCUT2D eigenvalue weighted by molar-refractivity contribution is -0.116. The van der Waals surface area contributed by atoms with Crippen LogP contribution in [0.25, 0.3) is 0 Å². The Morgan fingerprint density at radius 3 is 2.52 bits per heavy atom. The molecule has 2 rings (SSSR count). The highest BCUT2D eigenvalue weighted by atomic mass is 19.1. The summed E-state index contributed by atoms with van der Waals surface area (Å²) in [6, 6.07) is 10.8. The van der Waals surface area contributed by atoms with Crippen molar-refractivity contribution < 1.29 is 23.5 Å². The molecule has 0 aliphatic rings. The number of amides is 2. The fourth-order valence-electron chi connectivity index (χ4n) is 2.21. The van der Waals surface area contributed by atoms with Gasteiger partial charge in [-0.25, -0.2) is 4.39 Å². The van der Waals surface area contributed by atoms with E-state index in [0.29, 0.717) is 11.4 Å². The molecule has 0 heterocycles. The lowest BCUT2D eigenvalue weighted by Crippen LogP contribution is -2.35. The quantitative estimate of drug-likeness (QED) is 0.873. The van der Waals surface area contributed by atoms with Crippen LogP contribution in [0.5, 0.6) is 11.5 Å². The minimum atomic E-state index is -0.636. The third-order valence-electron chi connectivity index (χ3n) is 3.48. The zero-order chi connectivity index (χ0) is 18.4. The van der Waals surface area contributed by atoms with Crippen molar-refractivity contribution in [2.75, 3.05) is 33.1 Å². The molecule has 0 aliphatic heterocycles. The number of carbonyl (C=O) groups is 2. The summed E-state index contributed by atoms with van der Waals surface area (Å²) < 4.78 is 23.6. The predicted octanol–water partition coefficient (Wildman–Crippen LogP) is 2.55. The van der Waals surface area contributed by atoms with E-state index >= 15 is 0 Å². The average Bonchev–Trinajstić information content (AvgIpc) is 2.60. The van der Waals surface area contributed by atoms with E-state index in [1.54, 1.807) is 24.3 Å². The van der Waals surface area contributed by atoms with Crippen molar-refractivity contribution in [3.63, 3.8) is 0 Å². The smallest absolute Gasteiger partial charge is 0.254 e. The molecule has 0 radical (unpaired) electrons. The molecule has 0 spiro atoms. The first-order valence-corrected chi connectivity index (χ1v) is 7.47. The normalized spacial score (nSPS) is 10.1. The minimum Gasteiger partial charge on any atom is -0.497 e. The standard InChI is InChI=1S/C18H19FN2O4/c1-21(18(23)12-7-8-16(25-3)15(19)9-12)11-17(22)20-13-5-4-6-14(10-13)24-2/h4-10H,11H2,1-3H3,(H,20,22). The molecule has 0 aromatic heterocycles. The topological polar surface area (TPSA) is 67.9 Å². The van der Waals surface area contributed by atoms with Crippen LogP contribution < -0.4 is 14.8 Å². The third-order valence-corrected chi connectivity index (χ3v) is 3.48. The number of nitrogens with one attached hydrogen (secondary N) is 1. The average molecular weight is 346 g/mol. The Hall–Kier alpha value is -3.09. The highest BCUT2D eigenvalue weighted by molar-refractivity contribution is 5.99. The molecule has 0 saturated heterocycles. The Kier molecular flexibility index (Phi) is 5.94. The maximum atomic E-state index is 13.7. The molecule has 0 bridgehead atoms. The van der Waals surface area contributed by atoms with Gasteiger partial charge in [0.05, 0.1) is 20.8 Å². The van der Waals surface area contributed by atoms with Gasteiger partial charge in [-0.05, 0) is 30.3 Å². The van der Waals surface area contributed by atoms with Crippen molar-refractivity contribution in [2.45, 2.75) is 0 Å². The van der Waals surface area contributed by atoms with E-state index in [1.807, 2.05) is 0 Å². The number of hydrogen-bond acceptors (Lipinski definition) is 4. The Morgan fingerprint density at radius 2 is 1.88 bits per heavy atom. The van der Waals surface area contributed by atoms with Gasteiger partial charge in [-0.2, -0.15) is 0 Å². The first-order valence-electron chi connectivity index (χ1n) is 7.47. The van der Waals surface area contributed by atoms with Crippen molar-refractivity contribution >= 4 is 17.5 Å². The van der Waals surface area contributed by atoms with Crippen LogP contribution in [0.4, 0.5) is 10.1 Å². The number of likely N-dealkylation sites (N-methyl/N-ethyl adjacent to an activating group) is 1. The first-order chi connectivity index (χ1) is 11.9. The van der Waals surface area contributed by atoms with Gasteiger partial charge in [0, 0.05) is 24.4 Å². The van der Waals surface area contributed by atoms with Gasteiger partial charge in [-0.3, -0.25) is 9.59 Å². The second-order valence-electron chi connectivity index (χ2n) is 5.29. The van der Waals surface area contributed by atoms with Gasteiger partial charge in [0.2, 0.25) is 5.91 Å². The highest BCUT2D eigenvalue weighted by Gasteiger charge is 2.17. The molecule has 2 amide bonds. The van der Waals surface area contributed by atoms with E-state index in [2.05, 4.69) is 5.32 Å². The van der Waals surface area contributed by atoms with E-state index in [-0.39, 0.29) is 23.8 Å². The van der Waals surface area contributed by atoms with Gasteiger partial charge in [-0.15, -0.1) is 0 Å². The van der Waals surface area contributed by atoms with Gasteiger partial charge in [0.25, 0.3) is 5.91 Å². The number of carbonyl (C=O) groups excluding carboxylic acids is 2. The number of nitrogens with zero attached hydrogens (tertiary/aromatic N) is 1. The van der Waals surface area contributed by atoms with Gasteiger partial charge in [-0.1, -0.05) is 6.07 Å². The second kappa shape index (κ2) is 8.14. The van der Waals surface area contributed by atoms with E-state index in [0.717, 1.165) is 6.07 Å². The molecule has 0 unspecified atom stereocenters. The summed E-state index contributed by atoms with van der Waals surface area (Å²) in [5.41, 5.74) is 0.690. The largest absolute Gasteiger partial charge is 0.497 e. The molecule has 2 aromatic carbocycles. The Bertz CT molecular complexity index is 779. The number of rotatable bonds is 6. The van der Waals surface area contributed by atoms with E-state index < -0.39 is 11.7 Å². The molecule has 0 saturated carbocycles. The van der Waals surface area contributed by atoms with Crippen molar-refractivity contribution in [1.82, 2.24) is 4.90 Å². The highest BCUT2D eigenvalue weighted by Crippen LogP contribution is 2.19. The van der Waals surface area contributed by atoms with Crippen molar-refractivity contribution in [1.29, 1.82) is 0 Å². The predicted molar refractivity (Wildman–Crippen MR) is 91.5 cm³/mol. The van der Waals surface area contributed by atoms with Crippen LogP contribution >= 0.6 is 0 Å². The number of benzene rings is 2. The SMILES string of the molecule is COc1cccc(NC(=O)CN(C)C(=O)c2ccc(OC)c(F)c2)c1. The van der Waals surface area contributed by atoms with Crippen molar-refractivity contribution in [2.24, 2.45) is 0 Å². The van der Waals surface area contributed by atoms with Crippen LogP contribution in [-0.4, -0.2) is 44.5 Å². The van der Waals surface area contributed by atoms with Crippen LogP contribution in [0.15, 0.2) is 42.5 Å². The molecule has 2 aromatic rings. The Labute approximate surface area is 145 Å². The summed E-state index contributed by atoms with van der Waals surface area (Å²) in [4.78, 5) is 25.6. The second-order valence-corrected chi connectivity index (χ2v) is 5.29. The maximum absolute atomic E-state index is 13.7. The van der Waals surface area contributed by atoms with Gasteiger partial charge in [0.1, 0.15) is 5.75 Å². The summed E-state index contributed by atoms with van der Waals surface area (Å²) in [6.45, 7) is -0.177. The van der Waals surface area contributed by atoms with Crippen LogP contribution in [0.3, 0.4) is 0 Å². The van der Waals surface area contributed by atoms with Crippen LogP contribution in [0.2, 0.25) is 0 Å². The van der Waals surface area contributed by atoms with Crippen LogP contribution in [-0.2, 0) is 4.79 Å². The molecule has 0 aliphatic carbocycles. The number of ether oxygens (including phenoxy) is 2. The fraction of sp³-hybridized carbons (Fsp3) is 0.222. The molecular weight excluding hydrogens is 327 g/mol. The Balaban J connectivity index is 2.00. The summed E-state index contributed by atoms with van der Waals surface area (Å²) in [5, 5.41) is 2.68. The summed E-state index contributed by atoms with van der Waals surface area (Å²) >= 11 is 0. The van der Waals surface area contributed by atoms with E-state index in [4.69, 9.17) is 9.47 Å². The molecule has 1 N–H and O–H groups in total. The third kappa shape index (κ3) is 4.69. The molecule has 7 heteroatoms. The number of anilines is 1. The number of hydrogen-bond donors (Lipinski definition) is 1. The summed E-state index contributed by atoms with van der Waals surface area (Å²) in [6.07, 6.45) is 0. The van der Waals surface area contributed by atoms with Crippen LogP contribution in [0, 0.1) is 5.82 Å². The molecule has 132 valence electrons. The fourth-order valence-corrected chi connectivity index (χ4v) is 2.21. The number of methoxy groups -OCH3 is 2. The van der Waals surface area contributed by atoms with Gasteiger partial charge >= 0.3 is 0 Å². The lowest BCUT2D eigenvalue weighted by Gasteiger charge is -2.17. The minimum absolute atomic E-state index is 0.0509. The van der Waals surface area contributed by atoms with Gasteiger partial charge in [0.15, 0.2) is 11.6 Å². The zero-order valence-electron chi connectivity index (χ0n) is 14.2. The molecule has 0 atom stereocenters. The first kappa shape index (κ1) is 18.3. The molecule has 6 nitrogen and oxygen atoms in total. The maximum Gasteiger partial charge on any atom is 0.254 e. The van der Waals surface area contributed by atoms with Gasteiger partial charge < -0.3 is 19.7 Å². The van der Waals surface area contributed by atoms with Crippen LogP contribution in [0.1, 0.15) is 10.4 Å². The summed E-state index contributed by atoms with van der Waals surface area (Å²) in [7, 11) is 4.34. The van der Waals surface area contributed by atoms with E-state index in [1.165, 1.54) is 38.3 Å². The Morgan fingerprint density at radius 1 is 1.12 bits per heavy atom. The van der Waals surface area contributed by atoms with Crippen molar-refractivity contribution in [3.8, 4) is 11.5 Å². The zero-order valence-corrected chi connectivity index (χ0v) is 14.2. The summed E-state index contributed by atoms with van der Waals surface area (Å²) in [5.74, 6) is -0.825. The molecular formula is C18H19FN2O4. The monoisotopic (exact) mass is 346 g/mol. The lowest BCUT2D eigenvalue weighted by atomic mass is 10.2. The molecule has 0 fully saturated rings. The number of halogens is 1. The van der Waals surface area contributed by atoms with Crippen molar-refractivity contribution in [3.05, 3.63) is 53.8 Å².